The molecule has 4 nitrogen and oxygen atoms in total. The van der Waals surface area contributed by atoms with Gasteiger partial charge in [0.2, 0.25) is 0 Å². The summed E-state index contributed by atoms with van der Waals surface area (Å²) in [5.74, 6) is 0.872. The summed E-state index contributed by atoms with van der Waals surface area (Å²) in [6.07, 6.45) is 3.78. The van der Waals surface area contributed by atoms with Gasteiger partial charge in [-0.2, -0.15) is 0 Å². The first-order valence-corrected chi connectivity index (χ1v) is 5.65. The summed E-state index contributed by atoms with van der Waals surface area (Å²) in [6, 6.07) is 3.35. The standard InChI is InChI=1S/C9H12N2O2S/c12-14(13)8-3-4-9(10-7-8)11-5-1-2-6-11/h3-4,7H,1-2,5-6H2,(H,12,13)/p-1. The van der Waals surface area contributed by atoms with Gasteiger partial charge in [-0.1, -0.05) is 0 Å². The lowest BCUT2D eigenvalue weighted by Gasteiger charge is -2.16. The van der Waals surface area contributed by atoms with Gasteiger partial charge >= 0.3 is 0 Å². The first-order chi connectivity index (χ1) is 6.77. The van der Waals surface area contributed by atoms with E-state index in [2.05, 4.69) is 9.88 Å². The highest BCUT2D eigenvalue weighted by Gasteiger charge is 2.12. The highest BCUT2D eigenvalue weighted by Crippen LogP contribution is 2.17. The summed E-state index contributed by atoms with van der Waals surface area (Å²) in [5.41, 5.74) is 0. The van der Waals surface area contributed by atoms with Gasteiger partial charge in [-0.15, -0.1) is 0 Å². The van der Waals surface area contributed by atoms with E-state index in [1.807, 2.05) is 0 Å². The molecule has 1 unspecified atom stereocenters. The molecule has 0 radical (unpaired) electrons. The van der Waals surface area contributed by atoms with Crippen LogP contribution in [0.25, 0.3) is 0 Å². The van der Waals surface area contributed by atoms with Gasteiger partial charge in [0.05, 0.1) is 0 Å². The van der Waals surface area contributed by atoms with Crippen molar-refractivity contribution in [2.45, 2.75) is 17.7 Å². The molecule has 76 valence electrons. The van der Waals surface area contributed by atoms with Crippen LogP contribution in [0.2, 0.25) is 0 Å². The quantitative estimate of drug-likeness (QED) is 0.682. The number of rotatable bonds is 2. The molecule has 0 aliphatic carbocycles. The number of pyridine rings is 1. The molecule has 0 aromatic carbocycles. The van der Waals surface area contributed by atoms with Crippen molar-refractivity contribution in [2.75, 3.05) is 18.0 Å². The van der Waals surface area contributed by atoms with Crippen LogP contribution in [0.4, 0.5) is 5.82 Å². The molecule has 0 spiro atoms. The summed E-state index contributed by atoms with van der Waals surface area (Å²) in [5, 5.41) is 0. The molecular formula is C9H11N2O2S-. The fraction of sp³-hybridized carbons (Fsp3) is 0.444. The Morgan fingerprint density at radius 3 is 2.57 bits per heavy atom. The largest absolute Gasteiger partial charge is 0.768 e. The van der Waals surface area contributed by atoms with Crippen LogP contribution in [-0.2, 0) is 11.1 Å². The molecule has 2 rings (SSSR count). The SMILES string of the molecule is O=S([O-])c1ccc(N2CCCC2)nc1. The third-order valence-corrected chi connectivity index (χ3v) is 2.97. The molecule has 1 fully saturated rings. The van der Waals surface area contributed by atoms with E-state index in [1.54, 1.807) is 12.1 Å². The zero-order chi connectivity index (χ0) is 9.97. The van der Waals surface area contributed by atoms with Crippen molar-refractivity contribution in [1.29, 1.82) is 0 Å². The van der Waals surface area contributed by atoms with E-state index in [9.17, 15) is 8.76 Å². The topological polar surface area (TPSA) is 56.3 Å². The molecule has 0 amide bonds. The molecule has 5 heteroatoms. The van der Waals surface area contributed by atoms with E-state index in [1.165, 1.54) is 19.0 Å². The van der Waals surface area contributed by atoms with Gasteiger partial charge < -0.3 is 9.45 Å². The third-order valence-electron chi connectivity index (χ3n) is 2.34. The summed E-state index contributed by atoms with van der Waals surface area (Å²) in [6.45, 7) is 2.04. The van der Waals surface area contributed by atoms with Gasteiger partial charge in [-0.05, 0) is 36.1 Å². The molecule has 0 N–H and O–H groups in total. The van der Waals surface area contributed by atoms with Crippen LogP contribution in [0.1, 0.15) is 12.8 Å². The fourth-order valence-corrected chi connectivity index (χ4v) is 1.92. The maximum absolute atomic E-state index is 10.6. The lowest BCUT2D eigenvalue weighted by atomic mass is 10.4. The van der Waals surface area contributed by atoms with Gasteiger partial charge in [0.1, 0.15) is 5.82 Å². The van der Waals surface area contributed by atoms with Gasteiger partial charge in [-0.25, -0.2) is 4.98 Å². The van der Waals surface area contributed by atoms with E-state index in [-0.39, 0.29) is 4.90 Å². The Labute approximate surface area is 85.2 Å². The highest BCUT2D eigenvalue weighted by molar-refractivity contribution is 7.79. The second-order valence-electron chi connectivity index (χ2n) is 3.28. The first kappa shape index (κ1) is 9.61. The van der Waals surface area contributed by atoms with Crippen molar-refractivity contribution in [3.05, 3.63) is 18.3 Å². The summed E-state index contributed by atoms with van der Waals surface area (Å²) < 4.78 is 21.2. The van der Waals surface area contributed by atoms with Crippen molar-refractivity contribution < 1.29 is 8.76 Å². The van der Waals surface area contributed by atoms with Gasteiger partial charge in [0.25, 0.3) is 0 Å². The molecule has 1 aliphatic heterocycles. The molecule has 14 heavy (non-hydrogen) atoms. The Balaban J connectivity index is 2.16. The predicted octanol–water partition coefficient (Wildman–Crippen LogP) is 0.920. The lowest BCUT2D eigenvalue weighted by molar-refractivity contribution is 0.536. The Morgan fingerprint density at radius 2 is 2.07 bits per heavy atom. The van der Waals surface area contributed by atoms with Crippen LogP contribution in [0.5, 0.6) is 0 Å². The normalized spacial score (nSPS) is 18.5. The smallest absolute Gasteiger partial charge is 0.128 e. The van der Waals surface area contributed by atoms with Gasteiger partial charge in [-0.3, -0.25) is 4.21 Å². The Hall–Kier alpha value is -0.940. The fourth-order valence-electron chi connectivity index (χ4n) is 1.60. The van der Waals surface area contributed by atoms with E-state index in [4.69, 9.17) is 0 Å². The summed E-state index contributed by atoms with van der Waals surface area (Å²) >= 11 is -2.17. The molecule has 1 saturated heterocycles. The van der Waals surface area contributed by atoms with Crippen molar-refractivity contribution in [2.24, 2.45) is 0 Å². The summed E-state index contributed by atoms with van der Waals surface area (Å²) in [7, 11) is 0. The van der Waals surface area contributed by atoms with E-state index in [0.29, 0.717) is 0 Å². The van der Waals surface area contributed by atoms with Gasteiger partial charge in [0, 0.05) is 24.2 Å². The van der Waals surface area contributed by atoms with Crippen LogP contribution in [-0.4, -0.2) is 26.8 Å². The monoisotopic (exact) mass is 211 g/mol. The Morgan fingerprint density at radius 1 is 1.36 bits per heavy atom. The third kappa shape index (κ3) is 1.93. The highest BCUT2D eigenvalue weighted by atomic mass is 32.2. The van der Waals surface area contributed by atoms with E-state index in [0.717, 1.165) is 18.9 Å². The van der Waals surface area contributed by atoms with Crippen molar-refractivity contribution in [3.8, 4) is 0 Å². The molecule has 0 bridgehead atoms. The minimum atomic E-state index is -2.17. The van der Waals surface area contributed by atoms with E-state index < -0.39 is 11.1 Å². The maximum Gasteiger partial charge on any atom is 0.128 e. The summed E-state index contributed by atoms with van der Waals surface area (Å²) in [4.78, 5) is 6.52. The molecule has 1 aromatic heterocycles. The average Bonchev–Trinajstić information content (AvgIpc) is 2.71. The minimum absolute atomic E-state index is 0.243. The molecule has 0 saturated carbocycles. The maximum atomic E-state index is 10.6. The zero-order valence-electron chi connectivity index (χ0n) is 7.68. The average molecular weight is 211 g/mol. The Kier molecular flexibility index (Phi) is 2.79. The van der Waals surface area contributed by atoms with Crippen molar-refractivity contribution >= 4 is 16.9 Å². The molecule has 1 aliphatic rings. The molecule has 2 heterocycles. The second-order valence-corrected chi connectivity index (χ2v) is 4.22. The zero-order valence-corrected chi connectivity index (χ0v) is 8.50. The van der Waals surface area contributed by atoms with Crippen LogP contribution >= 0.6 is 0 Å². The second kappa shape index (κ2) is 4.06. The molecule has 1 aromatic rings. The van der Waals surface area contributed by atoms with Crippen LogP contribution in [0, 0.1) is 0 Å². The van der Waals surface area contributed by atoms with Crippen LogP contribution in [0.15, 0.2) is 23.2 Å². The number of hydrogen-bond acceptors (Lipinski definition) is 4. The minimum Gasteiger partial charge on any atom is -0.768 e. The van der Waals surface area contributed by atoms with Crippen LogP contribution in [0.3, 0.4) is 0 Å². The number of aromatic nitrogens is 1. The predicted molar refractivity (Wildman–Crippen MR) is 52.9 cm³/mol. The van der Waals surface area contributed by atoms with Gasteiger partial charge in [0.15, 0.2) is 0 Å². The van der Waals surface area contributed by atoms with E-state index >= 15 is 0 Å². The number of hydrogen-bond donors (Lipinski definition) is 0. The lowest BCUT2D eigenvalue weighted by Crippen LogP contribution is -2.18. The van der Waals surface area contributed by atoms with Crippen molar-refractivity contribution in [1.82, 2.24) is 4.98 Å². The molecular weight excluding hydrogens is 200 g/mol. The Bertz CT molecular complexity index is 333. The van der Waals surface area contributed by atoms with Crippen LogP contribution < -0.4 is 4.90 Å². The first-order valence-electron chi connectivity index (χ1n) is 4.57. The number of nitrogens with zero attached hydrogens (tertiary/aromatic N) is 2. The van der Waals surface area contributed by atoms with Crippen molar-refractivity contribution in [3.63, 3.8) is 0 Å². The number of anilines is 1. The molecule has 1 atom stereocenters.